The average Bonchev–Trinajstić information content (AvgIpc) is 3.50. The highest BCUT2D eigenvalue weighted by Gasteiger charge is 2.33. The molecule has 166 valence electrons. The molecule has 1 unspecified atom stereocenters. The first-order valence-electron chi connectivity index (χ1n) is 11.3. The Kier molecular flexibility index (Phi) is 7.38. The van der Waals surface area contributed by atoms with Crippen molar-refractivity contribution in [2.24, 2.45) is 0 Å². The minimum absolute atomic E-state index is 0.0385. The monoisotopic (exact) mass is 446 g/mol. The van der Waals surface area contributed by atoms with Crippen molar-refractivity contribution < 1.29 is 9.59 Å². The van der Waals surface area contributed by atoms with Gasteiger partial charge in [-0.2, -0.15) is 0 Å². The van der Waals surface area contributed by atoms with Crippen LogP contribution in [0, 0.1) is 6.92 Å². The van der Waals surface area contributed by atoms with Crippen LogP contribution in [0.25, 0.3) is 0 Å². The largest absolute Gasteiger partial charge is 0.351 e. The first kappa shape index (κ1) is 22.3. The van der Waals surface area contributed by atoms with Crippen LogP contribution in [-0.2, 0) is 22.6 Å². The first-order valence-corrected chi connectivity index (χ1v) is 12.2. The molecule has 4 nitrogen and oxygen atoms in total. The van der Waals surface area contributed by atoms with Gasteiger partial charge in [0.25, 0.3) is 0 Å². The highest BCUT2D eigenvalue weighted by atomic mass is 32.1. The van der Waals surface area contributed by atoms with Crippen LogP contribution in [0.5, 0.6) is 0 Å². The highest BCUT2D eigenvalue weighted by Crippen LogP contribution is 2.27. The number of rotatable bonds is 8. The second kappa shape index (κ2) is 10.6. The second-order valence-electron chi connectivity index (χ2n) is 8.57. The Morgan fingerprint density at radius 2 is 1.72 bits per heavy atom. The predicted molar refractivity (Wildman–Crippen MR) is 129 cm³/mol. The molecule has 1 saturated carbocycles. The molecular formula is C27H30N2O2S. The molecule has 1 aromatic heterocycles. The molecule has 2 aromatic carbocycles. The summed E-state index contributed by atoms with van der Waals surface area (Å²) in [7, 11) is 0. The van der Waals surface area contributed by atoms with E-state index in [-0.39, 0.29) is 17.9 Å². The third-order valence-electron chi connectivity index (χ3n) is 6.08. The highest BCUT2D eigenvalue weighted by molar-refractivity contribution is 7.10. The third kappa shape index (κ3) is 5.65. The van der Waals surface area contributed by atoms with Crippen LogP contribution < -0.4 is 5.32 Å². The SMILES string of the molecule is Cc1ccc(CN(C(=O)Cc2cccs2)C(C(=O)NC2CCCC2)c2ccccc2)cc1. The number of nitrogens with zero attached hydrogens (tertiary/aromatic N) is 1. The van der Waals surface area contributed by atoms with Crippen LogP contribution in [0.3, 0.4) is 0 Å². The van der Waals surface area contributed by atoms with Crippen LogP contribution in [0.2, 0.25) is 0 Å². The van der Waals surface area contributed by atoms with E-state index in [1.54, 1.807) is 16.2 Å². The predicted octanol–water partition coefficient (Wildman–Crippen LogP) is 5.43. The number of benzene rings is 2. The van der Waals surface area contributed by atoms with Gasteiger partial charge >= 0.3 is 0 Å². The number of aryl methyl sites for hydroxylation is 1. The summed E-state index contributed by atoms with van der Waals surface area (Å²) < 4.78 is 0. The Morgan fingerprint density at radius 1 is 1.00 bits per heavy atom. The van der Waals surface area contributed by atoms with Gasteiger partial charge in [-0.1, -0.05) is 79.1 Å². The van der Waals surface area contributed by atoms with Crippen molar-refractivity contribution >= 4 is 23.2 Å². The standard InChI is InChI=1S/C27H30N2O2S/c1-20-13-15-21(16-14-20)19-29(25(30)18-24-12-7-17-32-24)26(22-8-3-2-4-9-22)27(31)28-23-10-5-6-11-23/h2-4,7-9,12-17,23,26H,5-6,10-11,18-19H2,1H3,(H,28,31). The molecule has 32 heavy (non-hydrogen) atoms. The molecule has 1 atom stereocenters. The van der Waals surface area contributed by atoms with Crippen LogP contribution in [0.4, 0.5) is 0 Å². The van der Waals surface area contributed by atoms with E-state index in [0.717, 1.165) is 41.7 Å². The summed E-state index contributed by atoms with van der Waals surface area (Å²) in [6, 6.07) is 21.3. The second-order valence-corrected chi connectivity index (χ2v) is 9.60. The zero-order valence-electron chi connectivity index (χ0n) is 18.5. The van der Waals surface area contributed by atoms with Crippen molar-refractivity contribution in [3.05, 3.63) is 93.7 Å². The van der Waals surface area contributed by atoms with Crippen molar-refractivity contribution in [2.45, 2.75) is 57.7 Å². The lowest BCUT2D eigenvalue weighted by Gasteiger charge is -2.32. The lowest BCUT2D eigenvalue weighted by Crippen LogP contribution is -2.46. The maximum atomic E-state index is 13.6. The number of carbonyl (C=O) groups excluding carboxylic acids is 2. The Balaban J connectivity index is 1.67. The number of carbonyl (C=O) groups is 2. The van der Waals surface area contributed by atoms with Gasteiger partial charge in [-0.25, -0.2) is 0 Å². The molecule has 1 aliphatic rings. The molecule has 1 N–H and O–H groups in total. The molecule has 1 heterocycles. The van der Waals surface area contributed by atoms with E-state index in [1.807, 2.05) is 79.0 Å². The molecule has 4 rings (SSSR count). The third-order valence-corrected chi connectivity index (χ3v) is 6.95. The molecule has 2 amide bonds. The summed E-state index contributed by atoms with van der Waals surface area (Å²) >= 11 is 1.57. The minimum Gasteiger partial charge on any atom is -0.351 e. The maximum absolute atomic E-state index is 13.6. The van der Waals surface area contributed by atoms with Gasteiger partial charge in [-0.3, -0.25) is 9.59 Å². The van der Waals surface area contributed by atoms with E-state index in [9.17, 15) is 9.59 Å². The first-order chi connectivity index (χ1) is 15.6. The van der Waals surface area contributed by atoms with Gasteiger partial charge in [0.1, 0.15) is 6.04 Å². The van der Waals surface area contributed by atoms with E-state index in [2.05, 4.69) is 5.32 Å². The average molecular weight is 447 g/mol. The lowest BCUT2D eigenvalue weighted by atomic mass is 10.0. The fourth-order valence-electron chi connectivity index (χ4n) is 4.34. The smallest absolute Gasteiger partial charge is 0.247 e. The summed E-state index contributed by atoms with van der Waals surface area (Å²) in [5.41, 5.74) is 3.03. The Bertz CT molecular complexity index is 1010. The molecule has 1 aliphatic carbocycles. The van der Waals surface area contributed by atoms with Crippen molar-refractivity contribution in [1.29, 1.82) is 0 Å². The van der Waals surface area contributed by atoms with Crippen molar-refractivity contribution in [3.63, 3.8) is 0 Å². The fourth-order valence-corrected chi connectivity index (χ4v) is 5.03. The molecule has 5 heteroatoms. The van der Waals surface area contributed by atoms with Crippen LogP contribution in [0.1, 0.15) is 53.3 Å². The molecule has 0 bridgehead atoms. The van der Waals surface area contributed by atoms with E-state index < -0.39 is 6.04 Å². The van der Waals surface area contributed by atoms with Gasteiger partial charge in [-0.15, -0.1) is 11.3 Å². The fraction of sp³-hybridized carbons (Fsp3) is 0.333. The van der Waals surface area contributed by atoms with Gasteiger partial charge in [0, 0.05) is 17.5 Å². The lowest BCUT2D eigenvalue weighted by molar-refractivity contribution is -0.141. The number of amides is 2. The Labute approximate surface area is 194 Å². The number of hydrogen-bond acceptors (Lipinski definition) is 3. The summed E-state index contributed by atoms with van der Waals surface area (Å²) in [6.45, 7) is 2.44. The van der Waals surface area contributed by atoms with Crippen molar-refractivity contribution in [2.75, 3.05) is 0 Å². The molecule has 0 radical (unpaired) electrons. The number of hydrogen-bond donors (Lipinski definition) is 1. The normalized spacial score (nSPS) is 14.8. The zero-order valence-corrected chi connectivity index (χ0v) is 19.3. The van der Waals surface area contributed by atoms with E-state index in [4.69, 9.17) is 0 Å². The summed E-state index contributed by atoms with van der Waals surface area (Å²) in [5, 5.41) is 5.22. The topological polar surface area (TPSA) is 49.4 Å². The Morgan fingerprint density at radius 3 is 2.38 bits per heavy atom. The summed E-state index contributed by atoms with van der Waals surface area (Å²) in [6.07, 6.45) is 4.60. The van der Waals surface area contributed by atoms with E-state index >= 15 is 0 Å². The van der Waals surface area contributed by atoms with Crippen molar-refractivity contribution in [1.82, 2.24) is 10.2 Å². The van der Waals surface area contributed by atoms with Gasteiger partial charge < -0.3 is 10.2 Å². The van der Waals surface area contributed by atoms with Gasteiger partial charge in [0.05, 0.1) is 6.42 Å². The quantitative estimate of drug-likeness (QED) is 0.502. The molecule has 0 aliphatic heterocycles. The maximum Gasteiger partial charge on any atom is 0.247 e. The minimum atomic E-state index is -0.662. The van der Waals surface area contributed by atoms with Gasteiger partial charge in [0.15, 0.2) is 0 Å². The van der Waals surface area contributed by atoms with E-state index in [0.29, 0.717) is 13.0 Å². The van der Waals surface area contributed by atoms with Gasteiger partial charge in [-0.05, 0) is 42.3 Å². The van der Waals surface area contributed by atoms with Crippen LogP contribution in [-0.4, -0.2) is 22.8 Å². The molecule has 0 saturated heterocycles. The van der Waals surface area contributed by atoms with Crippen molar-refractivity contribution in [3.8, 4) is 0 Å². The molecular weight excluding hydrogens is 416 g/mol. The Hall–Kier alpha value is -2.92. The number of nitrogens with one attached hydrogen (secondary N) is 1. The summed E-state index contributed by atoms with van der Waals surface area (Å²) in [5.74, 6) is -0.127. The van der Waals surface area contributed by atoms with Gasteiger partial charge in [0.2, 0.25) is 11.8 Å². The molecule has 0 spiro atoms. The molecule has 1 fully saturated rings. The van der Waals surface area contributed by atoms with Crippen LogP contribution >= 0.6 is 11.3 Å². The van der Waals surface area contributed by atoms with Crippen LogP contribution in [0.15, 0.2) is 72.1 Å². The zero-order chi connectivity index (χ0) is 22.3. The number of thiophene rings is 1. The molecule has 3 aromatic rings. The van der Waals surface area contributed by atoms with E-state index in [1.165, 1.54) is 5.56 Å². The summed E-state index contributed by atoms with van der Waals surface area (Å²) in [4.78, 5) is 29.9.